The number of unbranched alkanes of at least 4 members (excludes halogenated alkanes) is 8. The molecular weight excluding hydrogens is 404 g/mol. The highest BCUT2D eigenvalue weighted by Gasteiger charge is 2.48. The molecule has 186 valence electrons. The van der Waals surface area contributed by atoms with Gasteiger partial charge in [0.15, 0.2) is 0 Å². The number of carbonyl (C=O) groups is 1. The van der Waals surface area contributed by atoms with E-state index in [1.54, 1.807) is 0 Å². The monoisotopic (exact) mass is 450 g/mol. The molecule has 0 bridgehead atoms. The van der Waals surface area contributed by atoms with Gasteiger partial charge >= 0.3 is 5.97 Å². The highest BCUT2D eigenvalue weighted by atomic mass is 16.4. The van der Waals surface area contributed by atoms with Crippen molar-refractivity contribution in [3.63, 3.8) is 0 Å². The Bertz CT molecular complexity index is 433. The topological polar surface area (TPSA) is 159 Å². The van der Waals surface area contributed by atoms with Crippen molar-refractivity contribution in [3.8, 4) is 0 Å². The third-order valence-electron chi connectivity index (χ3n) is 6.25. The van der Waals surface area contributed by atoms with Gasteiger partial charge in [0.25, 0.3) is 0 Å². The number of carboxylic acids is 1. The van der Waals surface area contributed by atoms with Crippen molar-refractivity contribution >= 4 is 5.97 Å². The summed E-state index contributed by atoms with van der Waals surface area (Å²) in [4.78, 5) is 12.4. The molecule has 0 spiro atoms. The molecule has 0 aliphatic carbocycles. The SMILES string of the molecule is CCCCCCCCCCCC(CC(O)CO)C(CC(O)CO)(CC(O)CO)C(=O)O. The minimum absolute atomic E-state index is 0.00385. The Hall–Kier alpha value is -0.770. The lowest BCUT2D eigenvalue weighted by atomic mass is 9.64. The standard InChI is InChI=1S/C23H46O8/c1-2-3-4-5-6-7-8-9-10-11-18(12-19(27)15-24)23(22(30)31,13-20(28)16-25)14-21(29)17-26/h18-21,24-29H,2-17H2,1H3,(H,30,31). The zero-order chi connectivity index (χ0) is 23.7. The lowest BCUT2D eigenvalue weighted by molar-refractivity contribution is -0.161. The van der Waals surface area contributed by atoms with Crippen LogP contribution in [-0.2, 0) is 4.79 Å². The Morgan fingerprint density at radius 1 is 0.710 bits per heavy atom. The summed E-state index contributed by atoms with van der Waals surface area (Å²) in [5.74, 6) is -1.89. The van der Waals surface area contributed by atoms with Crippen LogP contribution in [0, 0.1) is 11.3 Å². The quantitative estimate of drug-likeness (QED) is 0.130. The molecule has 31 heavy (non-hydrogen) atoms. The van der Waals surface area contributed by atoms with Crippen molar-refractivity contribution in [1.29, 1.82) is 0 Å². The van der Waals surface area contributed by atoms with Crippen molar-refractivity contribution in [3.05, 3.63) is 0 Å². The first kappa shape index (κ1) is 30.2. The minimum atomic E-state index is -1.64. The van der Waals surface area contributed by atoms with Gasteiger partial charge in [-0.05, 0) is 31.6 Å². The molecule has 0 heterocycles. The summed E-state index contributed by atoms with van der Waals surface area (Å²) in [5.41, 5.74) is -1.64. The van der Waals surface area contributed by atoms with Crippen LogP contribution in [0.1, 0.15) is 90.4 Å². The van der Waals surface area contributed by atoms with Gasteiger partial charge in [-0.15, -0.1) is 0 Å². The van der Waals surface area contributed by atoms with E-state index in [-0.39, 0.29) is 19.3 Å². The number of aliphatic hydroxyl groups is 6. The first-order chi connectivity index (χ1) is 14.8. The van der Waals surface area contributed by atoms with Gasteiger partial charge in [-0.2, -0.15) is 0 Å². The maximum atomic E-state index is 12.4. The summed E-state index contributed by atoms with van der Waals surface area (Å²) in [7, 11) is 0. The zero-order valence-electron chi connectivity index (χ0n) is 19.2. The van der Waals surface area contributed by atoms with E-state index >= 15 is 0 Å². The Kier molecular flexibility index (Phi) is 17.3. The molecule has 0 aliphatic heterocycles. The van der Waals surface area contributed by atoms with E-state index in [1.165, 1.54) is 32.1 Å². The average Bonchev–Trinajstić information content (AvgIpc) is 2.75. The van der Waals surface area contributed by atoms with Crippen LogP contribution in [0.15, 0.2) is 0 Å². The Morgan fingerprint density at radius 2 is 1.13 bits per heavy atom. The molecule has 0 rings (SSSR count). The highest BCUT2D eigenvalue weighted by molar-refractivity contribution is 5.75. The van der Waals surface area contributed by atoms with Gasteiger partial charge in [0.2, 0.25) is 0 Å². The van der Waals surface area contributed by atoms with Crippen LogP contribution in [0.5, 0.6) is 0 Å². The van der Waals surface area contributed by atoms with Crippen LogP contribution < -0.4 is 0 Å². The summed E-state index contributed by atoms with van der Waals surface area (Å²) < 4.78 is 0. The fourth-order valence-electron chi connectivity index (χ4n) is 4.46. The molecule has 0 aliphatic rings. The molecule has 4 atom stereocenters. The van der Waals surface area contributed by atoms with E-state index in [4.69, 9.17) is 0 Å². The molecule has 0 saturated heterocycles. The number of aliphatic hydroxyl groups excluding tert-OH is 6. The maximum absolute atomic E-state index is 12.4. The van der Waals surface area contributed by atoms with Gasteiger partial charge in [-0.1, -0.05) is 64.7 Å². The van der Waals surface area contributed by atoms with Crippen LogP contribution in [0.2, 0.25) is 0 Å². The molecule has 8 nitrogen and oxygen atoms in total. The Morgan fingerprint density at radius 3 is 1.52 bits per heavy atom. The number of carboxylic acid groups (broad SMARTS) is 1. The lowest BCUT2D eigenvalue weighted by Crippen LogP contribution is -2.46. The van der Waals surface area contributed by atoms with Crippen LogP contribution in [-0.4, -0.2) is 79.8 Å². The van der Waals surface area contributed by atoms with Gasteiger partial charge < -0.3 is 35.7 Å². The molecule has 4 unspecified atom stereocenters. The summed E-state index contributed by atoms with van der Waals surface area (Å²) in [6, 6.07) is 0. The minimum Gasteiger partial charge on any atom is -0.481 e. The first-order valence-corrected chi connectivity index (χ1v) is 11.9. The van der Waals surface area contributed by atoms with E-state index in [0.29, 0.717) is 6.42 Å². The van der Waals surface area contributed by atoms with Gasteiger partial charge in [-0.25, -0.2) is 0 Å². The fourth-order valence-corrected chi connectivity index (χ4v) is 4.46. The fraction of sp³-hybridized carbons (Fsp3) is 0.957. The first-order valence-electron chi connectivity index (χ1n) is 11.9. The second kappa shape index (κ2) is 17.7. The van der Waals surface area contributed by atoms with Crippen molar-refractivity contribution in [2.24, 2.45) is 11.3 Å². The average molecular weight is 451 g/mol. The molecule has 0 saturated carbocycles. The third-order valence-corrected chi connectivity index (χ3v) is 6.25. The molecule has 0 fully saturated rings. The Balaban J connectivity index is 5.20. The summed E-state index contributed by atoms with van der Waals surface area (Å²) in [5, 5.41) is 68.0. The normalized spacial score (nSPS) is 17.6. The van der Waals surface area contributed by atoms with Crippen molar-refractivity contribution in [1.82, 2.24) is 0 Å². The molecule has 8 heteroatoms. The molecule has 0 aromatic heterocycles. The summed E-state index contributed by atoms with van der Waals surface area (Å²) in [6.45, 7) is 0.407. The highest BCUT2D eigenvalue weighted by Crippen LogP contribution is 2.43. The van der Waals surface area contributed by atoms with Crippen molar-refractivity contribution < 1.29 is 40.5 Å². The number of aliphatic carboxylic acids is 1. The molecular formula is C23H46O8. The van der Waals surface area contributed by atoms with E-state index in [1.807, 2.05) is 0 Å². The molecule has 0 aromatic rings. The van der Waals surface area contributed by atoms with Gasteiger partial charge in [-0.3, -0.25) is 4.79 Å². The van der Waals surface area contributed by atoms with Crippen molar-refractivity contribution in [2.45, 2.75) is 109 Å². The number of rotatable bonds is 21. The van der Waals surface area contributed by atoms with Gasteiger partial charge in [0, 0.05) is 0 Å². The number of hydrogen-bond acceptors (Lipinski definition) is 7. The van der Waals surface area contributed by atoms with Crippen LogP contribution >= 0.6 is 0 Å². The van der Waals surface area contributed by atoms with Crippen LogP contribution in [0.4, 0.5) is 0 Å². The smallest absolute Gasteiger partial charge is 0.310 e. The predicted molar refractivity (Wildman–Crippen MR) is 119 cm³/mol. The van der Waals surface area contributed by atoms with E-state index < -0.39 is 55.4 Å². The van der Waals surface area contributed by atoms with Gasteiger partial charge in [0.05, 0.1) is 43.5 Å². The van der Waals surface area contributed by atoms with Crippen LogP contribution in [0.3, 0.4) is 0 Å². The van der Waals surface area contributed by atoms with Gasteiger partial charge in [0.1, 0.15) is 0 Å². The second-order valence-corrected chi connectivity index (χ2v) is 8.93. The third kappa shape index (κ3) is 12.2. The van der Waals surface area contributed by atoms with E-state index in [9.17, 15) is 40.5 Å². The molecule has 0 amide bonds. The van der Waals surface area contributed by atoms with Crippen molar-refractivity contribution in [2.75, 3.05) is 19.8 Å². The van der Waals surface area contributed by atoms with Crippen LogP contribution in [0.25, 0.3) is 0 Å². The summed E-state index contributed by atoms with van der Waals surface area (Å²) >= 11 is 0. The second-order valence-electron chi connectivity index (χ2n) is 8.93. The summed E-state index contributed by atoms with van der Waals surface area (Å²) in [6.07, 6.45) is 5.96. The van der Waals surface area contributed by atoms with E-state index in [2.05, 4.69) is 6.92 Å². The van der Waals surface area contributed by atoms with E-state index in [0.717, 1.165) is 25.7 Å². The Labute approximate surface area is 186 Å². The molecule has 7 N–H and O–H groups in total. The largest absolute Gasteiger partial charge is 0.481 e. The maximum Gasteiger partial charge on any atom is 0.310 e. The molecule has 0 aromatic carbocycles. The lowest BCUT2D eigenvalue weighted by Gasteiger charge is -2.40. The number of hydrogen-bond donors (Lipinski definition) is 7. The zero-order valence-corrected chi connectivity index (χ0v) is 19.2. The molecule has 0 radical (unpaired) electrons. The predicted octanol–water partition coefficient (Wildman–Crippen LogP) is 1.82.